The Morgan fingerprint density at radius 2 is 1.48 bits per heavy atom. The first-order chi connectivity index (χ1) is 12.3. The van der Waals surface area contributed by atoms with Crippen LogP contribution in [0.4, 0.5) is 5.13 Å². The standard InChI is InChI=1S/C20H20N4S/c1-14-21-20(25-22-14)24-12-10-23(11-13-24)19-17-8-4-2-6-15(17)16-7-3-5-9-18(16)19/h2-9,19H,10-13H2,1H3. The third-order valence-electron chi connectivity index (χ3n) is 5.27. The van der Waals surface area contributed by atoms with E-state index in [-0.39, 0.29) is 0 Å². The molecule has 0 unspecified atom stereocenters. The second-order valence-electron chi connectivity index (χ2n) is 6.72. The van der Waals surface area contributed by atoms with E-state index in [9.17, 15) is 0 Å². The predicted molar refractivity (Wildman–Crippen MR) is 102 cm³/mol. The van der Waals surface area contributed by atoms with Gasteiger partial charge in [0.15, 0.2) is 0 Å². The molecule has 5 heteroatoms. The number of benzene rings is 2. The van der Waals surface area contributed by atoms with Crippen LogP contribution < -0.4 is 4.90 Å². The lowest BCUT2D eigenvalue weighted by atomic mass is 10.0. The number of anilines is 1. The van der Waals surface area contributed by atoms with Gasteiger partial charge in [-0.25, -0.2) is 4.98 Å². The molecule has 1 aromatic heterocycles. The van der Waals surface area contributed by atoms with E-state index in [0.29, 0.717) is 6.04 Å². The van der Waals surface area contributed by atoms with Gasteiger partial charge < -0.3 is 4.90 Å². The van der Waals surface area contributed by atoms with Crippen molar-refractivity contribution in [3.05, 3.63) is 65.5 Å². The summed E-state index contributed by atoms with van der Waals surface area (Å²) in [7, 11) is 0. The van der Waals surface area contributed by atoms with Crippen LogP contribution in [0.15, 0.2) is 48.5 Å². The number of hydrogen-bond donors (Lipinski definition) is 0. The molecule has 1 fully saturated rings. The van der Waals surface area contributed by atoms with Crippen molar-refractivity contribution in [1.82, 2.24) is 14.3 Å². The molecular formula is C20H20N4S. The molecule has 0 N–H and O–H groups in total. The van der Waals surface area contributed by atoms with Gasteiger partial charge in [0.05, 0.1) is 6.04 Å². The average Bonchev–Trinajstić information content (AvgIpc) is 3.23. The van der Waals surface area contributed by atoms with Crippen molar-refractivity contribution in [2.24, 2.45) is 0 Å². The van der Waals surface area contributed by atoms with E-state index in [4.69, 9.17) is 0 Å². The lowest BCUT2D eigenvalue weighted by Gasteiger charge is -2.38. The van der Waals surface area contributed by atoms with Crippen molar-refractivity contribution in [2.75, 3.05) is 31.1 Å². The number of piperazine rings is 1. The molecule has 25 heavy (non-hydrogen) atoms. The highest BCUT2D eigenvalue weighted by Crippen LogP contribution is 2.46. The normalized spacial score (nSPS) is 17.6. The Hall–Kier alpha value is -2.24. The van der Waals surface area contributed by atoms with Gasteiger partial charge in [-0.2, -0.15) is 4.37 Å². The van der Waals surface area contributed by atoms with E-state index >= 15 is 0 Å². The van der Waals surface area contributed by atoms with E-state index < -0.39 is 0 Å². The molecule has 1 saturated heterocycles. The summed E-state index contributed by atoms with van der Waals surface area (Å²) < 4.78 is 4.32. The van der Waals surface area contributed by atoms with Crippen LogP contribution in [0, 0.1) is 6.92 Å². The second kappa shape index (κ2) is 5.93. The largest absolute Gasteiger partial charge is 0.344 e. The molecular weight excluding hydrogens is 328 g/mol. The molecule has 0 spiro atoms. The first-order valence-electron chi connectivity index (χ1n) is 8.79. The monoisotopic (exact) mass is 348 g/mol. The summed E-state index contributed by atoms with van der Waals surface area (Å²) in [4.78, 5) is 9.53. The Bertz CT molecular complexity index is 866. The number of rotatable bonds is 2. The molecule has 0 saturated carbocycles. The topological polar surface area (TPSA) is 32.3 Å². The Morgan fingerprint density at radius 1 is 0.880 bits per heavy atom. The van der Waals surface area contributed by atoms with Crippen molar-refractivity contribution in [1.29, 1.82) is 0 Å². The van der Waals surface area contributed by atoms with Crippen molar-refractivity contribution < 1.29 is 0 Å². The average molecular weight is 348 g/mol. The minimum atomic E-state index is 0.380. The van der Waals surface area contributed by atoms with E-state index in [1.165, 1.54) is 33.8 Å². The smallest absolute Gasteiger partial charge is 0.205 e. The van der Waals surface area contributed by atoms with Crippen LogP contribution in [0.5, 0.6) is 0 Å². The van der Waals surface area contributed by atoms with Gasteiger partial charge in [-0.1, -0.05) is 48.5 Å². The van der Waals surface area contributed by atoms with Crippen LogP contribution in [0.1, 0.15) is 23.0 Å². The van der Waals surface area contributed by atoms with Crippen LogP contribution in [0.25, 0.3) is 11.1 Å². The van der Waals surface area contributed by atoms with Gasteiger partial charge in [-0.3, -0.25) is 4.90 Å². The second-order valence-corrected chi connectivity index (χ2v) is 7.45. The summed E-state index contributed by atoms with van der Waals surface area (Å²) in [5, 5.41) is 1.06. The number of fused-ring (bicyclic) bond motifs is 3. The first kappa shape index (κ1) is 15.0. The van der Waals surface area contributed by atoms with Crippen LogP contribution >= 0.6 is 11.5 Å². The number of aryl methyl sites for hydroxylation is 1. The fourth-order valence-corrected chi connectivity index (χ4v) is 4.83. The minimum absolute atomic E-state index is 0.380. The molecule has 1 aliphatic heterocycles. The molecule has 3 aromatic rings. The van der Waals surface area contributed by atoms with Gasteiger partial charge in [-0.05, 0) is 29.2 Å². The molecule has 2 aliphatic rings. The van der Waals surface area contributed by atoms with Crippen LogP contribution in [-0.4, -0.2) is 40.4 Å². The van der Waals surface area contributed by atoms with Gasteiger partial charge in [-0.15, -0.1) is 0 Å². The lowest BCUT2D eigenvalue weighted by molar-refractivity contribution is 0.215. The predicted octanol–water partition coefficient (Wildman–Crippen LogP) is 3.74. The third kappa shape index (κ3) is 2.46. The van der Waals surface area contributed by atoms with Crippen molar-refractivity contribution in [3.63, 3.8) is 0 Å². The Balaban J connectivity index is 1.43. The van der Waals surface area contributed by atoms with Crippen LogP contribution in [-0.2, 0) is 0 Å². The molecule has 4 nitrogen and oxygen atoms in total. The summed E-state index contributed by atoms with van der Waals surface area (Å²) in [6.45, 7) is 6.07. The maximum Gasteiger partial charge on any atom is 0.205 e. The van der Waals surface area contributed by atoms with Gasteiger partial charge >= 0.3 is 0 Å². The third-order valence-corrected chi connectivity index (χ3v) is 6.14. The summed E-state index contributed by atoms with van der Waals surface area (Å²) >= 11 is 1.51. The van der Waals surface area contributed by atoms with E-state index in [1.807, 2.05) is 6.92 Å². The fourth-order valence-electron chi connectivity index (χ4n) is 4.11. The van der Waals surface area contributed by atoms with Crippen LogP contribution in [0.2, 0.25) is 0 Å². The summed E-state index contributed by atoms with van der Waals surface area (Å²) in [5.74, 6) is 0.876. The molecule has 5 rings (SSSR count). The summed E-state index contributed by atoms with van der Waals surface area (Å²) in [5.41, 5.74) is 5.68. The molecule has 0 bridgehead atoms. The highest BCUT2D eigenvalue weighted by molar-refractivity contribution is 7.09. The van der Waals surface area contributed by atoms with E-state index in [1.54, 1.807) is 0 Å². The lowest BCUT2D eigenvalue weighted by Crippen LogP contribution is -2.47. The van der Waals surface area contributed by atoms with Crippen LogP contribution in [0.3, 0.4) is 0 Å². The Labute approximate surface area is 151 Å². The maximum absolute atomic E-state index is 4.54. The quantitative estimate of drug-likeness (QED) is 0.706. The SMILES string of the molecule is Cc1nsc(N2CCN(C3c4ccccc4-c4ccccc43)CC2)n1. The molecule has 0 amide bonds. The van der Waals surface area contributed by atoms with Gasteiger partial charge in [0.25, 0.3) is 0 Å². The first-order valence-corrected chi connectivity index (χ1v) is 9.56. The Morgan fingerprint density at radius 3 is 2.04 bits per heavy atom. The molecule has 126 valence electrons. The summed E-state index contributed by atoms with van der Waals surface area (Å²) in [6, 6.07) is 18.1. The minimum Gasteiger partial charge on any atom is -0.344 e. The highest BCUT2D eigenvalue weighted by Gasteiger charge is 2.34. The Kier molecular flexibility index (Phi) is 3.57. The number of hydrogen-bond acceptors (Lipinski definition) is 5. The molecule has 2 heterocycles. The molecule has 0 radical (unpaired) electrons. The van der Waals surface area contributed by atoms with Crippen molar-refractivity contribution in [3.8, 4) is 11.1 Å². The van der Waals surface area contributed by atoms with Gasteiger partial charge in [0.2, 0.25) is 5.13 Å². The zero-order valence-corrected chi connectivity index (χ0v) is 15.0. The number of nitrogens with zero attached hydrogens (tertiary/aromatic N) is 4. The maximum atomic E-state index is 4.54. The number of aromatic nitrogens is 2. The van der Waals surface area contributed by atoms with Crippen molar-refractivity contribution in [2.45, 2.75) is 13.0 Å². The van der Waals surface area contributed by atoms with Crippen molar-refractivity contribution >= 4 is 16.7 Å². The molecule has 2 aromatic carbocycles. The van der Waals surface area contributed by atoms with Gasteiger partial charge in [0, 0.05) is 37.7 Å². The highest BCUT2D eigenvalue weighted by atomic mass is 32.1. The molecule has 0 atom stereocenters. The fraction of sp³-hybridized carbons (Fsp3) is 0.300. The zero-order chi connectivity index (χ0) is 16.8. The molecule has 1 aliphatic carbocycles. The van der Waals surface area contributed by atoms with E-state index in [0.717, 1.165) is 37.1 Å². The van der Waals surface area contributed by atoms with Gasteiger partial charge in [0.1, 0.15) is 5.82 Å². The van der Waals surface area contributed by atoms with E-state index in [2.05, 4.69) is 67.7 Å². The zero-order valence-electron chi connectivity index (χ0n) is 14.2. The summed E-state index contributed by atoms with van der Waals surface area (Å²) in [6.07, 6.45) is 0.